The fourth-order valence-electron chi connectivity index (χ4n) is 7.02. The minimum absolute atomic E-state index is 0.545. The van der Waals surface area contributed by atoms with E-state index in [1.165, 1.54) is 0 Å². The van der Waals surface area contributed by atoms with Crippen molar-refractivity contribution in [3.8, 4) is 51.0 Å². The number of para-hydroxylation sites is 1. The van der Waals surface area contributed by atoms with Gasteiger partial charge in [-0.05, 0) is 46.5 Å². The number of benzene rings is 7. The van der Waals surface area contributed by atoms with E-state index in [-0.39, 0.29) is 0 Å². The molecule has 0 radical (unpaired) electrons. The van der Waals surface area contributed by atoms with Gasteiger partial charge in [-0.1, -0.05) is 140 Å². The molecule has 3 heterocycles. The van der Waals surface area contributed by atoms with Crippen molar-refractivity contribution in [2.75, 3.05) is 0 Å². The lowest BCUT2D eigenvalue weighted by atomic mass is 10.0. The van der Waals surface area contributed by atoms with Crippen LogP contribution < -0.4 is 0 Å². The van der Waals surface area contributed by atoms with Crippen LogP contribution in [0, 0.1) is 0 Å². The van der Waals surface area contributed by atoms with Gasteiger partial charge in [0.15, 0.2) is 11.6 Å². The van der Waals surface area contributed by atoms with Crippen molar-refractivity contribution in [1.82, 2.24) is 19.5 Å². The van der Waals surface area contributed by atoms with Crippen molar-refractivity contribution in [3.05, 3.63) is 170 Å². The third kappa shape index (κ3) is 4.67. The average molecular weight is 641 g/mol. The molecule has 0 amide bonds. The Bertz CT molecular complexity index is 2840. The lowest BCUT2D eigenvalue weighted by molar-refractivity contribution is 0.669. The smallest absolute Gasteiger partial charge is 0.238 e. The van der Waals surface area contributed by atoms with Crippen molar-refractivity contribution in [2.24, 2.45) is 0 Å². The quantitative estimate of drug-likeness (QED) is 0.188. The van der Waals surface area contributed by atoms with Gasteiger partial charge in [-0.2, -0.15) is 9.97 Å². The Morgan fingerprint density at radius 1 is 0.340 bits per heavy atom. The second kappa shape index (κ2) is 11.4. The molecule has 0 fully saturated rings. The van der Waals surface area contributed by atoms with Crippen LogP contribution in [0.5, 0.6) is 0 Å². The van der Waals surface area contributed by atoms with Gasteiger partial charge in [0.1, 0.15) is 11.2 Å². The van der Waals surface area contributed by atoms with Gasteiger partial charge in [-0.25, -0.2) is 4.98 Å². The van der Waals surface area contributed by atoms with Crippen LogP contribution in [-0.2, 0) is 0 Å². The molecular formula is C45H28N4O. The molecule has 5 heteroatoms. The average Bonchev–Trinajstić information content (AvgIpc) is 3.72. The fourth-order valence-corrected chi connectivity index (χ4v) is 7.02. The molecule has 50 heavy (non-hydrogen) atoms. The minimum atomic E-state index is 0.545. The number of fused-ring (bicyclic) bond motifs is 6. The van der Waals surface area contributed by atoms with Crippen molar-refractivity contribution >= 4 is 43.7 Å². The Morgan fingerprint density at radius 3 is 1.56 bits per heavy atom. The molecule has 0 aliphatic heterocycles. The highest BCUT2D eigenvalue weighted by Crippen LogP contribution is 2.39. The molecule has 0 spiro atoms. The van der Waals surface area contributed by atoms with E-state index in [0.717, 1.165) is 77.1 Å². The number of furan rings is 1. The first-order valence-electron chi connectivity index (χ1n) is 16.7. The number of nitrogens with zero attached hydrogens (tertiary/aromatic N) is 4. The summed E-state index contributed by atoms with van der Waals surface area (Å²) in [6, 6.07) is 58.6. The third-order valence-electron chi connectivity index (χ3n) is 9.48. The molecule has 10 rings (SSSR count). The van der Waals surface area contributed by atoms with E-state index in [0.29, 0.717) is 17.6 Å². The van der Waals surface area contributed by atoms with E-state index in [4.69, 9.17) is 19.4 Å². The molecule has 0 aliphatic rings. The zero-order valence-electron chi connectivity index (χ0n) is 26.9. The van der Waals surface area contributed by atoms with Crippen molar-refractivity contribution < 1.29 is 4.42 Å². The van der Waals surface area contributed by atoms with Gasteiger partial charge < -0.3 is 4.42 Å². The standard InChI is InChI=1S/C45H28N4O/c1-4-12-29(13-5-1)31-20-22-33(23-21-31)44-46-43(32-16-8-3-9-17-32)47-45(48-44)49-39-25-24-34(30-14-6-2-7-15-30)26-36(39)37-27-38-35-18-10-11-19-41(35)50-42(38)28-40(37)49/h1-28H. The Labute approximate surface area is 287 Å². The van der Waals surface area contributed by atoms with Crippen LogP contribution in [0.15, 0.2) is 174 Å². The van der Waals surface area contributed by atoms with Crippen LogP contribution in [0.1, 0.15) is 0 Å². The van der Waals surface area contributed by atoms with Crippen LogP contribution >= 0.6 is 0 Å². The Kier molecular flexibility index (Phi) is 6.42. The maximum atomic E-state index is 6.41. The molecule has 7 aromatic carbocycles. The maximum absolute atomic E-state index is 6.41. The van der Waals surface area contributed by atoms with Crippen molar-refractivity contribution in [2.45, 2.75) is 0 Å². The van der Waals surface area contributed by atoms with E-state index < -0.39 is 0 Å². The molecule has 5 nitrogen and oxygen atoms in total. The highest BCUT2D eigenvalue weighted by atomic mass is 16.3. The molecule has 234 valence electrons. The topological polar surface area (TPSA) is 56.7 Å². The fraction of sp³-hybridized carbons (Fsp3) is 0. The van der Waals surface area contributed by atoms with Gasteiger partial charge in [0, 0.05) is 38.7 Å². The van der Waals surface area contributed by atoms with Crippen LogP contribution in [0.4, 0.5) is 0 Å². The van der Waals surface area contributed by atoms with Crippen LogP contribution in [0.3, 0.4) is 0 Å². The largest absolute Gasteiger partial charge is 0.456 e. The summed E-state index contributed by atoms with van der Waals surface area (Å²) in [7, 11) is 0. The number of rotatable bonds is 5. The summed E-state index contributed by atoms with van der Waals surface area (Å²) in [5, 5.41) is 4.39. The molecule has 3 aromatic heterocycles. The third-order valence-corrected chi connectivity index (χ3v) is 9.48. The molecule has 0 aliphatic carbocycles. The molecule has 0 N–H and O–H groups in total. The van der Waals surface area contributed by atoms with E-state index in [9.17, 15) is 0 Å². The zero-order valence-corrected chi connectivity index (χ0v) is 26.9. The monoisotopic (exact) mass is 640 g/mol. The van der Waals surface area contributed by atoms with E-state index >= 15 is 0 Å². The van der Waals surface area contributed by atoms with E-state index in [1.54, 1.807) is 0 Å². The molecule has 10 aromatic rings. The van der Waals surface area contributed by atoms with Gasteiger partial charge >= 0.3 is 0 Å². The molecule has 0 unspecified atom stereocenters. The predicted octanol–water partition coefficient (Wildman–Crippen LogP) is 11.5. The van der Waals surface area contributed by atoms with Gasteiger partial charge in [-0.3, -0.25) is 4.57 Å². The summed E-state index contributed by atoms with van der Waals surface area (Å²) in [6.07, 6.45) is 0. The second-order valence-electron chi connectivity index (χ2n) is 12.5. The normalized spacial score (nSPS) is 11.6. The van der Waals surface area contributed by atoms with Gasteiger partial charge in [-0.15, -0.1) is 0 Å². The Hall–Kier alpha value is -6.85. The van der Waals surface area contributed by atoms with Crippen molar-refractivity contribution in [1.29, 1.82) is 0 Å². The molecule has 0 atom stereocenters. The van der Waals surface area contributed by atoms with E-state index in [2.05, 4.69) is 120 Å². The lowest BCUT2D eigenvalue weighted by Gasteiger charge is -2.11. The first kappa shape index (κ1) is 28.2. The maximum Gasteiger partial charge on any atom is 0.238 e. The van der Waals surface area contributed by atoms with Crippen LogP contribution in [0.25, 0.3) is 94.7 Å². The van der Waals surface area contributed by atoms with Gasteiger partial charge in [0.25, 0.3) is 0 Å². The number of hydrogen-bond donors (Lipinski definition) is 0. The first-order chi connectivity index (χ1) is 24.8. The molecule has 0 saturated carbocycles. The lowest BCUT2D eigenvalue weighted by Crippen LogP contribution is -2.06. The van der Waals surface area contributed by atoms with Gasteiger partial charge in [0.2, 0.25) is 5.95 Å². The highest BCUT2D eigenvalue weighted by Gasteiger charge is 2.20. The van der Waals surface area contributed by atoms with Crippen molar-refractivity contribution in [3.63, 3.8) is 0 Å². The van der Waals surface area contributed by atoms with E-state index in [1.807, 2.05) is 54.6 Å². The Balaban J connectivity index is 1.24. The Morgan fingerprint density at radius 2 is 0.860 bits per heavy atom. The second-order valence-corrected chi connectivity index (χ2v) is 12.5. The predicted molar refractivity (Wildman–Crippen MR) is 203 cm³/mol. The molecule has 0 bridgehead atoms. The summed E-state index contributed by atoms with van der Waals surface area (Å²) < 4.78 is 8.56. The summed E-state index contributed by atoms with van der Waals surface area (Å²) in [5.74, 6) is 1.76. The highest BCUT2D eigenvalue weighted by molar-refractivity contribution is 6.17. The van der Waals surface area contributed by atoms with Crippen LogP contribution in [-0.4, -0.2) is 19.5 Å². The summed E-state index contributed by atoms with van der Waals surface area (Å²) in [4.78, 5) is 15.4. The van der Waals surface area contributed by atoms with Gasteiger partial charge in [0.05, 0.1) is 11.0 Å². The number of aromatic nitrogens is 4. The molecular weight excluding hydrogens is 613 g/mol. The number of hydrogen-bond acceptors (Lipinski definition) is 4. The minimum Gasteiger partial charge on any atom is -0.456 e. The summed E-state index contributed by atoms with van der Waals surface area (Å²) in [5.41, 5.74) is 10.1. The van der Waals surface area contributed by atoms with Crippen LogP contribution in [0.2, 0.25) is 0 Å². The zero-order chi connectivity index (χ0) is 33.0. The summed E-state index contributed by atoms with van der Waals surface area (Å²) >= 11 is 0. The SMILES string of the molecule is c1ccc(-c2ccc(-c3nc(-c4ccccc4)nc(-n4c5ccc(-c6ccccc6)cc5c5cc6c(cc54)oc4ccccc46)n3)cc2)cc1. The molecule has 0 saturated heterocycles. The first-order valence-corrected chi connectivity index (χ1v) is 16.7. The summed E-state index contributed by atoms with van der Waals surface area (Å²) in [6.45, 7) is 0.